The summed E-state index contributed by atoms with van der Waals surface area (Å²) in [6.45, 7) is 5.27. The summed E-state index contributed by atoms with van der Waals surface area (Å²) in [5.74, 6) is -0.533. The molecule has 2 aromatic heterocycles. The van der Waals surface area contributed by atoms with Gasteiger partial charge in [0.05, 0.1) is 7.11 Å². The molecule has 2 N–H and O–H groups in total. The second-order valence-corrected chi connectivity index (χ2v) is 6.14. The lowest BCUT2D eigenvalue weighted by Crippen LogP contribution is -2.45. The zero-order valence-electron chi connectivity index (χ0n) is 13.7. The van der Waals surface area contributed by atoms with Gasteiger partial charge in [-0.1, -0.05) is 0 Å². The summed E-state index contributed by atoms with van der Waals surface area (Å²) >= 11 is 0. The van der Waals surface area contributed by atoms with E-state index in [1.165, 1.54) is 7.11 Å². The van der Waals surface area contributed by atoms with Crippen LogP contribution in [0, 0.1) is 0 Å². The summed E-state index contributed by atoms with van der Waals surface area (Å²) in [6.07, 6.45) is 3.06. The Hall–Kier alpha value is -2.57. The molecule has 0 fully saturated rings. The van der Waals surface area contributed by atoms with E-state index in [-0.39, 0.29) is 6.42 Å². The van der Waals surface area contributed by atoms with Crippen LogP contribution in [0.5, 0.6) is 0 Å². The summed E-state index contributed by atoms with van der Waals surface area (Å²) in [7, 11) is 1.28. The maximum atomic E-state index is 12.0. The van der Waals surface area contributed by atoms with Crippen LogP contribution in [-0.2, 0) is 20.7 Å². The van der Waals surface area contributed by atoms with E-state index in [0.29, 0.717) is 0 Å². The number of alkyl carbamates (subject to hydrolysis) is 1. The SMILES string of the molecule is COC(=O)[C@H](Cc1c[nH]c2ncccc12)NC(=O)OC(C)(C)C. The zero-order valence-corrected chi connectivity index (χ0v) is 13.7. The summed E-state index contributed by atoms with van der Waals surface area (Å²) in [5.41, 5.74) is 0.943. The molecule has 1 amide bonds. The first-order chi connectivity index (χ1) is 10.8. The maximum absolute atomic E-state index is 12.0. The predicted octanol–water partition coefficient (Wildman–Crippen LogP) is 2.17. The van der Waals surface area contributed by atoms with Crippen LogP contribution in [-0.4, -0.2) is 40.8 Å². The lowest BCUT2D eigenvalue weighted by atomic mass is 10.1. The van der Waals surface area contributed by atoms with Crippen LogP contribution in [0.1, 0.15) is 26.3 Å². The minimum atomic E-state index is -0.839. The number of methoxy groups -OCH3 is 1. The summed E-state index contributed by atoms with van der Waals surface area (Å²) < 4.78 is 9.96. The van der Waals surface area contributed by atoms with Crippen LogP contribution in [0.3, 0.4) is 0 Å². The number of ether oxygens (including phenoxy) is 2. The molecule has 2 aromatic rings. The molecule has 0 aliphatic rings. The van der Waals surface area contributed by atoms with Crippen molar-refractivity contribution < 1.29 is 19.1 Å². The van der Waals surface area contributed by atoms with Crippen LogP contribution in [0.4, 0.5) is 4.79 Å². The number of nitrogens with zero attached hydrogens (tertiary/aromatic N) is 1. The van der Waals surface area contributed by atoms with E-state index in [4.69, 9.17) is 9.47 Å². The van der Waals surface area contributed by atoms with E-state index in [0.717, 1.165) is 16.6 Å². The van der Waals surface area contributed by atoms with Crippen LogP contribution in [0.15, 0.2) is 24.5 Å². The van der Waals surface area contributed by atoms with Crippen LogP contribution in [0.2, 0.25) is 0 Å². The smallest absolute Gasteiger partial charge is 0.408 e. The van der Waals surface area contributed by atoms with Crippen molar-refractivity contribution in [2.24, 2.45) is 0 Å². The number of pyridine rings is 1. The Kier molecular flexibility index (Phi) is 4.88. The van der Waals surface area contributed by atoms with E-state index >= 15 is 0 Å². The van der Waals surface area contributed by atoms with E-state index < -0.39 is 23.7 Å². The molecule has 2 heterocycles. The predicted molar refractivity (Wildman–Crippen MR) is 85.0 cm³/mol. The summed E-state index contributed by atoms with van der Waals surface area (Å²) in [6, 6.07) is 2.87. The highest BCUT2D eigenvalue weighted by Gasteiger charge is 2.26. The molecule has 0 aliphatic carbocycles. The highest BCUT2D eigenvalue weighted by atomic mass is 16.6. The normalized spacial score (nSPS) is 12.7. The van der Waals surface area contributed by atoms with Crippen molar-refractivity contribution in [2.75, 3.05) is 7.11 Å². The third-order valence-corrected chi connectivity index (χ3v) is 3.14. The largest absolute Gasteiger partial charge is 0.467 e. The average Bonchev–Trinajstić information content (AvgIpc) is 2.87. The molecular formula is C16H21N3O4. The first-order valence-electron chi connectivity index (χ1n) is 7.28. The molecule has 0 saturated carbocycles. The molecule has 7 heteroatoms. The molecule has 2 rings (SSSR count). The number of aromatic nitrogens is 2. The fourth-order valence-electron chi connectivity index (χ4n) is 2.19. The molecule has 0 radical (unpaired) electrons. The lowest BCUT2D eigenvalue weighted by Gasteiger charge is -2.22. The number of esters is 1. The van der Waals surface area contributed by atoms with Crippen molar-refractivity contribution in [2.45, 2.75) is 38.8 Å². The Balaban J connectivity index is 2.16. The van der Waals surface area contributed by atoms with Crippen LogP contribution in [0.25, 0.3) is 11.0 Å². The first-order valence-corrected chi connectivity index (χ1v) is 7.28. The summed E-state index contributed by atoms with van der Waals surface area (Å²) in [4.78, 5) is 31.1. The fourth-order valence-corrected chi connectivity index (χ4v) is 2.19. The average molecular weight is 319 g/mol. The van der Waals surface area contributed by atoms with E-state index in [1.54, 1.807) is 33.2 Å². The van der Waals surface area contributed by atoms with Gasteiger partial charge in [0.2, 0.25) is 0 Å². The number of carbonyl (C=O) groups is 2. The van der Waals surface area contributed by atoms with Gasteiger partial charge in [-0.05, 0) is 38.5 Å². The number of rotatable bonds is 4. The molecule has 0 aromatic carbocycles. The van der Waals surface area contributed by atoms with Crippen molar-refractivity contribution in [1.82, 2.24) is 15.3 Å². The van der Waals surface area contributed by atoms with E-state index in [2.05, 4.69) is 15.3 Å². The highest BCUT2D eigenvalue weighted by molar-refractivity contribution is 5.84. The third kappa shape index (κ3) is 4.45. The van der Waals surface area contributed by atoms with Gasteiger partial charge in [-0.25, -0.2) is 14.6 Å². The zero-order chi connectivity index (χ0) is 17.0. The summed E-state index contributed by atoms with van der Waals surface area (Å²) in [5, 5.41) is 3.45. The highest BCUT2D eigenvalue weighted by Crippen LogP contribution is 2.18. The first kappa shape index (κ1) is 16.8. The van der Waals surface area contributed by atoms with Crippen LogP contribution < -0.4 is 5.32 Å². The molecule has 0 unspecified atom stereocenters. The monoisotopic (exact) mass is 319 g/mol. The maximum Gasteiger partial charge on any atom is 0.408 e. The fraction of sp³-hybridized carbons (Fsp3) is 0.438. The third-order valence-electron chi connectivity index (χ3n) is 3.14. The van der Waals surface area contributed by atoms with E-state index in [1.807, 2.05) is 12.1 Å². The van der Waals surface area contributed by atoms with Crippen molar-refractivity contribution >= 4 is 23.1 Å². The number of fused-ring (bicyclic) bond motifs is 1. The van der Waals surface area contributed by atoms with Gasteiger partial charge in [-0.3, -0.25) is 0 Å². The minimum Gasteiger partial charge on any atom is -0.467 e. The van der Waals surface area contributed by atoms with Crippen molar-refractivity contribution in [3.8, 4) is 0 Å². The van der Waals surface area contributed by atoms with Gasteiger partial charge in [0.1, 0.15) is 17.3 Å². The van der Waals surface area contributed by atoms with Crippen molar-refractivity contribution in [3.05, 3.63) is 30.1 Å². The Morgan fingerprint density at radius 1 is 1.39 bits per heavy atom. The van der Waals surface area contributed by atoms with Crippen molar-refractivity contribution in [1.29, 1.82) is 0 Å². The lowest BCUT2D eigenvalue weighted by molar-refractivity contribution is -0.143. The molecular weight excluding hydrogens is 298 g/mol. The topological polar surface area (TPSA) is 93.3 Å². The second-order valence-electron chi connectivity index (χ2n) is 6.14. The number of hydrogen-bond donors (Lipinski definition) is 2. The molecule has 0 bridgehead atoms. The molecule has 0 spiro atoms. The van der Waals surface area contributed by atoms with Crippen molar-refractivity contribution in [3.63, 3.8) is 0 Å². The van der Waals surface area contributed by atoms with E-state index in [9.17, 15) is 9.59 Å². The van der Waals surface area contributed by atoms with Crippen LogP contribution >= 0.6 is 0 Å². The van der Waals surface area contributed by atoms with Gasteiger partial charge in [-0.2, -0.15) is 0 Å². The Bertz CT molecular complexity index is 703. The molecule has 0 saturated heterocycles. The number of carbonyl (C=O) groups excluding carboxylic acids is 2. The molecule has 0 aliphatic heterocycles. The number of hydrogen-bond acceptors (Lipinski definition) is 5. The number of H-pyrrole nitrogens is 1. The van der Waals surface area contributed by atoms with Gasteiger partial charge in [-0.15, -0.1) is 0 Å². The van der Waals surface area contributed by atoms with Gasteiger partial charge in [0, 0.05) is 24.2 Å². The van der Waals surface area contributed by atoms with Gasteiger partial charge < -0.3 is 19.8 Å². The Morgan fingerprint density at radius 3 is 2.78 bits per heavy atom. The Labute approximate surface area is 134 Å². The molecule has 1 atom stereocenters. The Morgan fingerprint density at radius 2 is 2.13 bits per heavy atom. The van der Waals surface area contributed by atoms with Gasteiger partial charge in [0.25, 0.3) is 0 Å². The molecule has 23 heavy (non-hydrogen) atoms. The second kappa shape index (κ2) is 6.68. The molecule has 7 nitrogen and oxygen atoms in total. The van der Waals surface area contributed by atoms with Gasteiger partial charge >= 0.3 is 12.1 Å². The quantitative estimate of drug-likeness (QED) is 0.842. The van der Waals surface area contributed by atoms with Gasteiger partial charge in [0.15, 0.2) is 0 Å². The minimum absolute atomic E-state index is 0.275. The molecule has 124 valence electrons. The standard InChI is InChI=1S/C16H21N3O4/c1-16(2,3)23-15(21)19-12(14(20)22-4)8-10-9-18-13-11(10)6-5-7-17-13/h5-7,9,12H,8H2,1-4H3,(H,17,18)(H,19,21)/t12-/m0/s1. The number of aromatic amines is 1. The number of nitrogens with one attached hydrogen (secondary N) is 2. The number of amides is 1.